The Balaban J connectivity index is 1.73. The number of nitrogens with one attached hydrogen (secondary N) is 1. The Kier molecular flexibility index (Phi) is 5.20. The molecular formula is C19H21NO3S. The summed E-state index contributed by atoms with van der Waals surface area (Å²) in [6, 6.07) is 9.72. The van der Waals surface area contributed by atoms with E-state index in [2.05, 4.69) is 19.2 Å². The molecule has 0 saturated carbocycles. The molecule has 1 atom stereocenters. The number of carbonyl (C=O) groups excluding carboxylic acids is 1. The molecule has 2 aromatic rings. The number of hydrogen-bond acceptors (Lipinski definition) is 4. The molecule has 1 aliphatic rings. The molecule has 1 amide bonds. The Morgan fingerprint density at radius 1 is 1.21 bits per heavy atom. The maximum Gasteiger partial charge on any atom is 0.244 e. The monoisotopic (exact) mass is 343 g/mol. The number of amides is 1. The van der Waals surface area contributed by atoms with E-state index in [1.807, 2.05) is 41.8 Å². The van der Waals surface area contributed by atoms with Crippen LogP contribution in [0.5, 0.6) is 11.5 Å². The second kappa shape index (κ2) is 7.53. The van der Waals surface area contributed by atoms with Gasteiger partial charge in [0, 0.05) is 11.0 Å². The molecule has 0 fully saturated rings. The number of thiophene rings is 1. The van der Waals surface area contributed by atoms with Gasteiger partial charge in [0.15, 0.2) is 11.5 Å². The second-order valence-electron chi connectivity index (χ2n) is 5.98. The van der Waals surface area contributed by atoms with E-state index in [1.165, 1.54) is 0 Å². The number of rotatable bonds is 5. The van der Waals surface area contributed by atoms with Crippen molar-refractivity contribution in [1.29, 1.82) is 0 Å². The van der Waals surface area contributed by atoms with Crippen LogP contribution in [-0.2, 0) is 4.79 Å². The Bertz CT molecular complexity index is 722. The second-order valence-corrected chi connectivity index (χ2v) is 6.96. The molecule has 0 radical (unpaired) electrons. The van der Waals surface area contributed by atoms with Gasteiger partial charge in [-0.3, -0.25) is 4.79 Å². The van der Waals surface area contributed by atoms with Crippen LogP contribution >= 0.6 is 11.3 Å². The topological polar surface area (TPSA) is 47.6 Å². The fraction of sp³-hybridized carbons (Fsp3) is 0.316. The van der Waals surface area contributed by atoms with Crippen molar-refractivity contribution in [3.63, 3.8) is 0 Å². The minimum Gasteiger partial charge on any atom is -0.486 e. The van der Waals surface area contributed by atoms with Gasteiger partial charge in [0.1, 0.15) is 13.2 Å². The maximum absolute atomic E-state index is 12.3. The lowest BCUT2D eigenvalue weighted by Gasteiger charge is -2.25. The molecule has 126 valence electrons. The molecule has 1 aliphatic heterocycles. The average molecular weight is 343 g/mol. The highest BCUT2D eigenvalue weighted by molar-refractivity contribution is 7.10. The van der Waals surface area contributed by atoms with Gasteiger partial charge in [-0.1, -0.05) is 26.0 Å². The smallest absolute Gasteiger partial charge is 0.244 e. The van der Waals surface area contributed by atoms with Crippen LogP contribution in [0.25, 0.3) is 6.08 Å². The molecule has 1 aromatic heterocycles. The summed E-state index contributed by atoms with van der Waals surface area (Å²) in [5.74, 6) is 1.66. The molecular weight excluding hydrogens is 322 g/mol. The zero-order valence-corrected chi connectivity index (χ0v) is 14.6. The summed E-state index contributed by atoms with van der Waals surface area (Å²) in [4.78, 5) is 13.3. The van der Waals surface area contributed by atoms with E-state index in [9.17, 15) is 4.79 Å². The summed E-state index contributed by atoms with van der Waals surface area (Å²) >= 11 is 1.60. The van der Waals surface area contributed by atoms with Crippen molar-refractivity contribution >= 4 is 23.3 Å². The Labute approximate surface area is 146 Å². The van der Waals surface area contributed by atoms with Crippen LogP contribution in [0.1, 0.15) is 30.3 Å². The molecule has 5 heteroatoms. The predicted octanol–water partition coefficient (Wildman–Crippen LogP) is 4.05. The maximum atomic E-state index is 12.3. The van der Waals surface area contributed by atoms with Crippen LogP contribution in [0.2, 0.25) is 0 Å². The number of hydrogen-bond donors (Lipinski definition) is 1. The van der Waals surface area contributed by atoms with E-state index >= 15 is 0 Å². The van der Waals surface area contributed by atoms with Gasteiger partial charge in [-0.15, -0.1) is 11.3 Å². The van der Waals surface area contributed by atoms with Crippen molar-refractivity contribution in [2.75, 3.05) is 13.2 Å². The van der Waals surface area contributed by atoms with Crippen molar-refractivity contribution < 1.29 is 14.3 Å². The van der Waals surface area contributed by atoms with Gasteiger partial charge in [0.05, 0.1) is 6.04 Å². The summed E-state index contributed by atoms with van der Waals surface area (Å²) in [6.45, 7) is 5.30. The molecule has 0 unspecified atom stereocenters. The van der Waals surface area contributed by atoms with E-state index in [-0.39, 0.29) is 17.9 Å². The quantitative estimate of drug-likeness (QED) is 0.833. The third kappa shape index (κ3) is 3.97. The van der Waals surface area contributed by atoms with Gasteiger partial charge >= 0.3 is 0 Å². The van der Waals surface area contributed by atoms with Crippen LogP contribution in [0, 0.1) is 5.92 Å². The van der Waals surface area contributed by atoms with E-state index in [0.717, 1.165) is 21.9 Å². The first-order valence-corrected chi connectivity index (χ1v) is 8.93. The van der Waals surface area contributed by atoms with Crippen molar-refractivity contribution in [2.45, 2.75) is 19.9 Å². The van der Waals surface area contributed by atoms with Gasteiger partial charge < -0.3 is 14.8 Å². The highest BCUT2D eigenvalue weighted by atomic mass is 32.1. The lowest BCUT2D eigenvalue weighted by atomic mass is 9.95. The van der Waals surface area contributed by atoms with E-state index in [0.29, 0.717) is 13.2 Å². The van der Waals surface area contributed by atoms with Crippen molar-refractivity contribution in [3.05, 3.63) is 52.2 Å². The highest BCUT2D eigenvalue weighted by Gasteiger charge is 2.20. The molecule has 0 spiro atoms. The highest BCUT2D eigenvalue weighted by Crippen LogP contribution is 2.34. The number of carbonyl (C=O) groups is 1. The Morgan fingerprint density at radius 2 is 2.00 bits per heavy atom. The standard InChI is InChI=1S/C19H21NO3S/c1-13(2)19(20-18(21)8-6-15-4-3-11-24-15)14-5-7-16-17(12-14)23-10-9-22-16/h3-8,11-13,19H,9-10H2,1-2H3,(H,20,21)/b8-6+/t19-/m0/s1. The Hall–Kier alpha value is -2.27. The SMILES string of the molecule is CC(C)[C@H](NC(=O)/C=C/c1cccs1)c1ccc2c(c1)OCCO2. The van der Waals surface area contributed by atoms with Gasteiger partial charge in [0.2, 0.25) is 5.91 Å². The fourth-order valence-electron chi connectivity index (χ4n) is 2.63. The normalized spacial score (nSPS) is 14.8. The summed E-state index contributed by atoms with van der Waals surface area (Å²) in [5, 5.41) is 5.07. The van der Waals surface area contributed by atoms with Crippen LogP contribution in [0.4, 0.5) is 0 Å². The third-order valence-corrected chi connectivity index (χ3v) is 4.67. The minimum atomic E-state index is -0.100. The van der Waals surface area contributed by atoms with E-state index in [4.69, 9.17) is 9.47 Å². The molecule has 0 saturated heterocycles. The van der Waals surface area contributed by atoms with Crippen LogP contribution in [0.3, 0.4) is 0 Å². The summed E-state index contributed by atoms with van der Waals surface area (Å²) in [6.07, 6.45) is 3.42. The number of benzene rings is 1. The molecule has 4 nitrogen and oxygen atoms in total. The van der Waals surface area contributed by atoms with Gasteiger partial charge in [-0.05, 0) is 41.1 Å². The summed E-state index contributed by atoms with van der Waals surface area (Å²) in [7, 11) is 0. The molecule has 2 heterocycles. The number of fused-ring (bicyclic) bond motifs is 1. The van der Waals surface area contributed by atoms with Crippen molar-refractivity contribution in [1.82, 2.24) is 5.32 Å². The molecule has 0 aliphatic carbocycles. The van der Waals surface area contributed by atoms with Crippen molar-refractivity contribution in [3.8, 4) is 11.5 Å². The van der Waals surface area contributed by atoms with Gasteiger partial charge in [-0.25, -0.2) is 0 Å². The molecule has 24 heavy (non-hydrogen) atoms. The van der Waals surface area contributed by atoms with Crippen LogP contribution in [0.15, 0.2) is 41.8 Å². The predicted molar refractivity (Wildman–Crippen MR) is 96.5 cm³/mol. The van der Waals surface area contributed by atoms with Crippen LogP contribution < -0.4 is 14.8 Å². The first-order chi connectivity index (χ1) is 11.6. The number of ether oxygens (including phenoxy) is 2. The lowest BCUT2D eigenvalue weighted by molar-refractivity contribution is -0.117. The first-order valence-electron chi connectivity index (χ1n) is 8.05. The lowest BCUT2D eigenvalue weighted by Crippen LogP contribution is -2.30. The average Bonchev–Trinajstić information content (AvgIpc) is 3.10. The zero-order chi connectivity index (χ0) is 16.9. The summed E-state index contributed by atoms with van der Waals surface area (Å²) < 4.78 is 11.2. The zero-order valence-electron chi connectivity index (χ0n) is 13.8. The first kappa shape index (κ1) is 16.6. The molecule has 1 aromatic carbocycles. The third-order valence-electron chi connectivity index (χ3n) is 3.83. The molecule has 1 N–H and O–H groups in total. The Morgan fingerprint density at radius 3 is 2.71 bits per heavy atom. The molecule has 3 rings (SSSR count). The van der Waals surface area contributed by atoms with Gasteiger partial charge in [-0.2, -0.15) is 0 Å². The van der Waals surface area contributed by atoms with Gasteiger partial charge in [0.25, 0.3) is 0 Å². The minimum absolute atomic E-state index is 0.0821. The molecule has 0 bridgehead atoms. The fourth-order valence-corrected chi connectivity index (χ4v) is 3.25. The van der Waals surface area contributed by atoms with E-state index < -0.39 is 0 Å². The summed E-state index contributed by atoms with van der Waals surface area (Å²) in [5.41, 5.74) is 1.02. The van der Waals surface area contributed by atoms with Crippen molar-refractivity contribution in [2.24, 2.45) is 5.92 Å². The van der Waals surface area contributed by atoms with Crippen LogP contribution in [-0.4, -0.2) is 19.1 Å². The largest absolute Gasteiger partial charge is 0.486 e. The van der Waals surface area contributed by atoms with E-state index in [1.54, 1.807) is 17.4 Å².